The second-order valence-corrected chi connectivity index (χ2v) is 8.78. The maximum Gasteiger partial charge on any atom is 0.307 e. The number of hydrogen-bond acceptors (Lipinski definition) is 7. The Morgan fingerprint density at radius 1 is 1.07 bits per heavy atom. The van der Waals surface area contributed by atoms with Crippen molar-refractivity contribution in [1.82, 2.24) is 4.72 Å². The lowest BCUT2D eigenvalue weighted by Gasteiger charge is -2.07. The van der Waals surface area contributed by atoms with E-state index < -0.39 is 16.0 Å². The van der Waals surface area contributed by atoms with Gasteiger partial charge in [0.15, 0.2) is 12.4 Å². The Labute approximate surface area is 161 Å². The van der Waals surface area contributed by atoms with E-state index in [2.05, 4.69) is 4.72 Å². The summed E-state index contributed by atoms with van der Waals surface area (Å²) in [6, 6.07) is 8.95. The zero-order valence-electron chi connectivity index (χ0n) is 14.9. The number of rotatable bonds is 9. The summed E-state index contributed by atoms with van der Waals surface area (Å²) in [5.74, 6) is -1.14. The fraction of sp³-hybridized carbons (Fsp3) is 0.278. The Bertz CT molecular complexity index is 944. The monoisotopic (exact) mass is 409 g/mol. The van der Waals surface area contributed by atoms with Gasteiger partial charge in [-0.3, -0.25) is 14.4 Å². The zero-order chi connectivity index (χ0) is 20.0. The number of ketones is 2. The molecule has 0 saturated carbocycles. The average molecular weight is 409 g/mol. The number of thiophene rings is 1. The van der Waals surface area contributed by atoms with Crippen molar-refractivity contribution in [2.24, 2.45) is 0 Å². The minimum absolute atomic E-state index is 0.0101. The molecule has 0 aliphatic heterocycles. The molecule has 7 nitrogen and oxygen atoms in total. The standard InChI is InChI=1S/C18H19NO6S2/c1-12-3-8-17(26-12)16(21)11-25-18(22)9-10-19-27(23,24)15-6-4-14(5-7-15)13(2)20/h3-8,19H,9-11H2,1-2H3. The molecule has 0 aliphatic carbocycles. The highest BCUT2D eigenvalue weighted by molar-refractivity contribution is 7.89. The van der Waals surface area contributed by atoms with Crippen molar-refractivity contribution in [2.45, 2.75) is 25.2 Å². The molecule has 9 heteroatoms. The molecular weight excluding hydrogens is 390 g/mol. The third kappa shape index (κ3) is 6.09. The van der Waals surface area contributed by atoms with Gasteiger partial charge < -0.3 is 4.74 Å². The molecule has 1 N–H and O–H groups in total. The predicted molar refractivity (Wildman–Crippen MR) is 101 cm³/mol. The normalized spacial score (nSPS) is 11.2. The predicted octanol–water partition coefficient (Wildman–Crippen LogP) is 2.35. The molecule has 0 aliphatic rings. The highest BCUT2D eigenvalue weighted by Gasteiger charge is 2.16. The molecule has 0 atom stereocenters. The molecule has 1 aromatic heterocycles. The first-order chi connectivity index (χ1) is 12.7. The molecule has 1 aromatic carbocycles. The third-order valence-electron chi connectivity index (χ3n) is 3.57. The molecule has 2 rings (SSSR count). The van der Waals surface area contributed by atoms with Crippen LogP contribution in [0.15, 0.2) is 41.3 Å². The molecule has 0 saturated heterocycles. The summed E-state index contributed by atoms with van der Waals surface area (Å²) in [6.45, 7) is 2.71. The highest BCUT2D eigenvalue weighted by Crippen LogP contribution is 2.15. The van der Waals surface area contributed by atoms with E-state index in [1.807, 2.05) is 6.92 Å². The van der Waals surface area contributed by atoms with Gasteiger partial charge in [-0.25, -0.2) is 13.1 Å². The number of nitrogens with one attached hydrogen (secondary N) is 1. The second-order valence-electron chi connectivity index (χ2n) is 5.72. The van der Waals surface area contributed by atoms with E-state index in [4.69, 9.17) is 4.74 Å². The summed E-state index contributed by atoms with van der Waals surface area (Å²) in [4.78, 5) is 36.2. The summed E-state index contributed by atoms with van der Waals surface area (Å²) in [5.41, 5.74) is 0.406. The summed E-state index contributed by atoms with van der Waals surface area (Å²) >= 11 is 1.32. The third-order valence-corrected chi connectivity index (χ3v) is 6.09. The lowest BCUT2D eigenvalue weighted by molar-refractivity contribution is -0.142. The van der Waals surface area contributed by atoms with E-state index in [0.29, 0.717) is 10.4 Å². The van der Waals surface area contributed by atoms with Crippen molar-refractivity contribution in [1.29, 1.82) is 0 Å². The van der Waals surface area contributed by atoms with Crippen LogP contribution in [-0.4, -0.2) is 39.1 Å². The SMILES string of the molecule is CC(=O)c1ccc(S(=O)(=O)NCCC(=O)OCC(=O)c2ccc(C)s2)cc1. The second kappa shape index (κ2) is 9.03. The highest BCUT2D eigenvalue weighted by atomic mass is 32.2. The number of hydrogen-bond donors (Lipinski definition) is 1. The molecular formula is C18H19NO6S2. The minimum atomic E-state index is -3.80. The van der Waals surface area contributed by atoms with E-state index in [1.54, 1.807) is 12.1 Å². The van der Waals surface area contributed by atoms with Gasteiger partial charge in [0.25, 0.3) is 0 Å². The molecule has 0 amide bonds. The summed E-state index contributed by atoms with van der Waals surface area (Å²) in [7, 11) is -3.80. The maximum absolute atomic E-state index is 12.1. The Kier molecular flexibility index (Phi) is 7.00. The molecule has 0 fully saturated rings. The summed E-state index contributed by atoms with van der Waals surface area (Å²) in [5, 5.41) is 0. The van der Waals surface area contributed by atoms with Crippen molar-refractivity contribution in [3.05, 3.63) is 51.7 Å². The van der Waals surface area contributed by atoms with E-state index >= 15 is 0 Å². The number of benzene rings is 1. The van der Waals surface area contributed by atoms with Gasteiger partial charge >= 0.3 is 5.97 Å². The molecule has 0 radical (unpaired) electrons. The van der Waals surface area contributed by atoms with Gasteiger partial charge in [-0.1, -0.05) is 12.1 Å². The fourth-order valence-corrected chi connectivity index (χ4v) is 3.94. The summed E-state index contributed by atoms with van der Waals surface area (Å²) in [6.07, 6.45) is -0.207. The Balaban J connectivity index is 1.79. The van der Waals surface area contributed by atoms with E-state index in [9.17, 15) is 22.8 Å². The Hall–Kier alpha value is -2.36. The molecule has 27 heavy (non-hydrogen) atoms. The maximum atomic E-state index is 12.1. The van der Waals surface area contributed by atoms with Gasteiger partial charge in [0.1, 0.15) is 0 Å². The van der Waals surface area contributed by atoms with Gasteiger partial charge in [0, 0.05) is 17.0 Å². The lowest BCUT2D eigenvalue weighted by atomic mass is 10.2. The zero-order valence-corrected chi connectivity index (χ0v) is 16.5. The largest absolute Gasteiger partial charge is 0.457 e. The fourth-order valence-electron chi connectivity index (χ4n) is 2.11. The van der Waals surface area contributed by atoms with Gasteiger partial charge in [-0.2, -0.15) is 0 Å². The van der Waals surface area contributed by atoms with Crippen LogP contribution in [0.5, 0.6) is 0 Å². The van der Waals surface area contributed by atoms with Gasteiger partial charge in [0.2, 0.25) is 15.8 Å². The van der Waals surface area contributed by atoms with Crippen LogP contribution in [0.4, 0.5) is 0 Å². The number of Topliss-reactive ketones (excluding diaryl/α,β-unsaturated/α-hetero) is 2. The molecule has 2 aromatic rings. The molecule has 0 spiro atoms. The Morgan fingerprint density at radius 3 is 2.30 bits per heavy atom. The first-order valence-electron chi connectivity index (χ1n) is 8.05. The number of ether oxygens (including phenoxy) is 1. The molecule has 1 heterocycles. The van der Waals surface area contributed by atoms with Crippen molar-refractivity contribution in [3.8, 4) is 0 Å². The topological polar surface area (TPSA) is 107 Å². The molecule has 0 unspecified atom stereocenters. The van der Waals surface area contributed by atoms with E-state index in [-0.39, 0.29) is 36.0 Å². The first-order valence-corrected chi connectivity index (χ1v) is 10.3. The first kappa shape index (κ1) is 20.9. The summed E-state index contributed by atoms with van der Waals surface area (Å²) < 4.78 is 31.5. The van der Waals surface area contributed by atoms with Crippen LogP contribution in [0.3, 0.4) is 0 Å². The quantitative estimate of drug-likeness (QED) is 0.503. The van der Waals surface area contributed by atoms with Gasteiger partial charge in [-0.05, 0) is 38.1 Å². The van der Waals surface area contributed by atoms with E-state index in [1.165, 1.54) is 42.5 Å². The average Bonchev–Trinajstić information content (AvgIpc) is 3.06. The van der Waals surface area contributed by atoms with Gasteiger partial charge in [-0.15, -0.1) is 11.3 Å². The van der Waals surface area contributed by atoms with Crippen molar-refractivity contribution in [3.63, 3.8) is 0 Å². The van der Waals surface area contributed by atoms with Crippen LogP contribution >= 0.6 is 11.3 Å². The molecule has 144 valence electrons. The van der Waals surface area contributed by atoms with Crippen LogP contribution in [0.25, 0.3) is 0 Å². The number of aryl methyl sites for hydroxylation is 1. The van der Waals surface area contributed by atoms with Gasteiger partial charge in [0.05, 0.1) is 16.2 Å². The van der Waals surface area contributed by atoms with Crippen LogP contribution in [0.2, 0.25) is 0 Å². The van der Waals surface area contributed by atoms with Crippen LogP contribution in [0, 0.1) is 6.92 Å². The van der Waals surface area contributed by atoms with Crippen molar-refractivity contribution in [2.75, 3.05) is 13.2 Å². The number of esters is 1. The van der Waals surface area contributed by atoms with Crippen LogP contribution in [0.1, 0.15) is 38.3 Å². The van der Waals surface area contributed by atoms with Crippen molar-refractivity contribution >= 4 is 38.9 Å². The molecule has 0 bridgehead atoms. The van der Waals surface area contributed by atoms with Crippen LogP contribution < -0.4 is 4.72 Å². The van der Waals surface area contributed by atoms with Crippen molar-refractivity contribution < 1.29 is 27.5 Å². The van der Waals surface area contributed by atoms with Crippen LogP contribution in [-0.2, 0) is 19.6 Å². The Morgan fingerprint density at radius 2 is 1.74 bits per heavy atom. The minimum Gasteiger partial charge on any atom is -0.457 e. The number of sulfonamides is 1. The number of carbonyl (C=O) groups excluding carboxylic acids is 3. The van der Waals surface area contributed by atoms with E-state index in [0.717, 1.165) is 4.88 Å². The smallest absolute Gasteiger partial charge is 0.307 e. The lowest BCUT2D eigenvalue weighted by Crippen LogP contribution is -2.27. The number of carbonyl (C=O) groups is 3.